The van der Waals surface area contributed by atoms with Crippen molar-refractivity contribution in [2.45, 2.75) is 6.54 Å². The van der Waals surface area contributed by atoms with Gasteiger partial charge in [-0.05, 0) is 11.4 Å². The first-order valence-corrected chi connectivity index (χ1v) is 8.66. The Kier molecular flexibility index (Phi) is 4.64. The highest BCUT2D eigenvalue weighted by Gasteiger charge is 2.21. The van der Waals surface area contributed by atoms with Crippen LogP contribution in [0.2, 0.25) is 0 Å². The van der Waals surface area contributed by atoms with Crippen molar-refractivity contribution < 1.29 is 9.90 Å². The summed E-state index contributed by atoms with van der Waals surface area (Å²) in [4.78, 5) is 20.1. The lowest BCUT2D eigenvalue weighted by molar-refractivity contribution is -0.136. The molecule has 7 heteroatoms. The van der Waals surface area contributed by atoms with Gasteiger partial charge in [0, 0.05) is 49.0 Å². The van der Waals surface area contributed by atoms with Crippen LogP contribution in [0, 0.1) is 0 Å². The van der Waals surface area contributed by atoms with E-state index in [0.717, 1.165) is 30.3 Å². The van der Waals surface area contributed by atoms with Crippen molar-refractivity contribution >= 4 is 28.6 Å². The third-order valence-electron chi connectivity index (χ3n) is 3.57. The minimum absolute atomic E-state index is 0.178. The number of hydrogen-bond donors (Lipinski definition) is 1. The van der Waals surface area contributed by atoms with E-state index in [-0.39, 0.29) is 5.91 Å². The van der Waals surface area contributed by atoms with Crippen LogP contribution >= 0.6 is 22.7 Å². The average Bonchev–Trinajstić information content (AvgIpc) is 3.18. The number of carbonyl (C=O) groups is 1. The molecule has 0 aliphatic carbocycles. The summed E-state index contributed by atoms with van der Waals surface area (Å²) in [6.07, 6.45) is 0. The normalized spacial score (nSPS) is 16.3. The number of thiazole rings is 1. The largest absolute Gasteiger partial charge is 0.387 e. The lowest BCUT2D eigenvalue weighted by atomic mass is 10.3. The van der Waals surface area contributed by atoms with Crippen LogP contribution < -0.4 is 0 Å². The molecule has 0 unspecified atom stereocenters. The molecule has 0 spiro atoms. The lowest BCUT2D eigenvalue weighted by Gasteiger charge is -2.34. The number of aromatic nitrogens is 1. The van der Waals surface area contributed by atoms with Crippen molar-refractivity contribution in [3.05, 3.63) is 27.9 Å². The molecule has 3 rings (SSSR count). The molecule has 0 bridgehead atoms. The van der Waals surface area contributed by atoms with Gasteiger partial charge in [0.15, 0.2) is 0 Å². The fraction of sp³-hybridized carbons (Fsp3) is 0.429. The number of aliphatic hydroxyl groups excluding tert-OH is 1. The van der Waals surface area contributed by atoms with Crippen LogP contribution in [-0.2, 0) is 11.3 Å². The lowest BCUT2D eigenvalue weighted by Crippen LogP contribution is -2.49. The van der Waals surface area contributed by atoms with Crippen molar-refractivity contribution in [1.82, 2.24) is 14.8 Å². The summed E-state index contributed by atoms with van der Waals surface area (Å²) in [7, 11) is 0. The van der Waals surface area contributed by atoms with Gasteiger partial charge in [-0.25, -0.2) is 4.98 Å². The minimum Gasteiger partial charge on any atom is -0.387 e. The Hall–Kier alpha value is -1.28. The SMILES string of the molecule is O=C(CO)N1CCN(Cc2csc(-c3ccsc3)n2)CC1. The Bertz CT molecular complexity index is 589. The Morgan fingerprint density at radius 2 is 2.10 bits per heavy atom. The first kappa shape index (κ1) is 14.6. The van der Waals surface area contributed by atoms with E-state index in [1.54, 1.807) is 27.6 Å². The van der Waals surface area contributed by atoms with E-state index in [1.165, 1.54) is 5.56 Å². The number of rotatable bonds is 4. The van der Waals surface area contributed by atoms with Gasteiger partial charge < -0.3 is 10.0 Å². The Labute approximate surface area is 131 Å². The highest BCUT2D eigenvalue weighted by molar-refractivity contribution is 7.14. The van der Waals surface area contributed by atoms with Gasteiger partial charge in [-0.1, -0.05) is 0 Å². The predicted molar refractivity (Wildman–Crippen MR) is 84.4 cm³/mol. The monoisotopic (exact) mass is 323 g/mol. The molecule has 0 saturated carbocycles. The molecule has 1 aliphatic heterocycles. The van der Waals surface area contributed by atoms with E-state index >= 15 is 0 Å². The van der Waals surface area contributed by atoms with E-state index in [4.69, 9.17) is 5.11 Å². The number of carbonyl (C=O) groups excluding carboxylic acids is 1. The fourth-order valence-electron chi connectivity index (χ4n) is 2.38. The number of aliphatic hydroxyl groups is 1. The van der Waals surface area contributed by atoms with Crippen LogP contribution in [0.3, 0.4) is 0 Å². The maximum absolute atomic E-state index is 11.4. The number of thiophene rings is 1. The Morgan fingerprint density at radius 3 is 2.76 bits per heavy atom. The van der Waals surface area contributed by atoms with Gasteiger partial charge in [-0.15, -0.1) is 11.3 Å². The molecule has 0 radical (unpaired) electrons. The van der Waals surface area contributed by atoms with Gasteiger partial charge in [-0.3, -0.25) is 9.69 Å². The number of hydrogen-bond acceptors (Lipinski definition) is 6. The molecule has 1 aliphatic rings. The van der Waals surface area contributed by atoms with Gasteiger partial charge in [0.25, 0.3) is 0 Å². The molecule has 21 heavy (non-hydrogen) atoms. The van der Waals surface area contributed by atoms with Crippen molar-refractivity contribution in [3.8, 4) is 10.6 Å². The maximum atomic E-state index is 11.4. The van der Waals surface area contributed by atoms with Crippen molar-refractivity contribution in [1.29, 1.82) is 0 Å². The second-order valence-corrected chi connectivity index (χ2v) is 6.61. The molecule has 1 fully saturated rings. The third kappa shape index (κ3) is 3.49. The summed E-state index contributed by atoms with van der Waals surface area (Å²) >= 11 is 3.36. The zero-order valence-electron chi connectivity index (χ0n) is 11.6. The van der Waals surface area contributed by atoms with E-state index in [2.05, 4.69) is 32.1 Å². The number of nitrogens with zero attached hydrogens (tertiary/aromatic N) is 3. The van der Waals surface area contributed by atoms with Gasteiger partial charge in [0.2, 0.25) is 5.91 Å². The third-order valence-corrected chi connectivity index (χ3v) is 5.19. The van der Waals surface area contributed by atoms with Crippen molar-refractivity contribution in [3.63, 3.8) is 0 Å². The van der Waals surface area contributed by atoms with Crippen LogP contribution in [0.4, 0.5) is 0 Å². The molecule has 2 aromatic rings. The van der Waals surface area contributed by atoms with Crippen LogP contribution in [0.1, 0.15) is 5.69 Å². The molecule has 112 valence electrons. The average molecular weight is 323 g/mol. The molecular weight excluding hydrogens is 306 g/mol. The Morgan fingerprint density at radius 1 is 1.29 bits per heavy atom. The number of piperazine rings is 1. The highest BCUT2D eigenvalue weighted by atomic mass is 32.1. The summed E-state index contributed by atoms with van der Waals surface area (Å²) in [6.45, 7) is 3.45. The van der Waals surface area contributed by atoms with Crippen LogP contribution in [0.25, 0.3) is 10.6 Å². The zero-order chi connectivity index (χ0) is 14.7. The molecule has 1 amide bonds. The quantitative estimate of drug-likeness (QED) is 0.927. The zero-order valence-corrected chi connectivity index (χ0v) is 13.2. The van der Waals surface area contributed by atoms with Crippen LogP contribution in [0.5, 0.6) is 0 Å². The summed E-state index contributed by atoms with van der Waals surface area (Å²) in [5.41, 5.74) is 2.28. The molecule has 1 saturated heterocycles. The minimum atomic E-state index is -0.393. The molecule has 0 aromatic carbocycles. The van der Waals surface area contributed by atoms with E-state index in [9.17, 15) is 4.79 Å². The predicted octanol–water partition coefficient (Wildman–Crippen LogP) is 1.51. The first-order chi connectivity index (χ1) is 10.3. The first-order valence-electron chi connectivity index (χ1n) is 6.84. The second kappa shape index (κ2) is 6.65. The van der Waals surface area contributed by atoms with Gasteiger partial charge in [0.05, 0.1) is 5.69 Å². The van der Waals surface area contributed by atoms with E-state index < -0.39 is 6.61 Å². The van der Waals surface area contributed by atoms with Crippen LogP contribution in [0.15, 0.2) is 22.2 Å². The van der Waals surface area contributed by atoms with E-state index in [1.807, 2.05) is 0 Å². The van der Waals surface area contributed by atoms with Crippen molar-refractivity contribution in [2.24, 2.45) is 0 Å². The van der Waals surface area contributed by atoms with Crippen molar-refractivity contribution in [2.75, 3.05) is 32.8 Å². The molecular formula is C14H17N3O2S2. The summed E-state index contributed by atoms with van der Waals surface area (Å²) in [5, 5.41) is 16.2. The summed E-state index contributed by atoms with van der Waals surface area (Å²) in [6, 6.07) is 2.09. The fourth-order valence-corrected chi connectivity index (χ4v) is 3.91. The van der Waals surface area contributed by atoms with Gasteiger partial charge in [0.1, 0.15) is 11.6 Å². The molecule has 3 heterocycles. The molecule has 2 aromatic heterocycles. The second-order valence-electron chi connectivity index (χ2n) is 4.97. The molecule has 1 N–H and O–H groups in total. The highest BCUT2D eigenvalue weighted by Crippen LogP contribution is 2.26. The van der Waals surface area contributed by atoms with Gasteiger partial charge >= 0.3 is 0 Å². The molecule has 5 nitrogen and oxygen atoms in total. The summed E-state index contributed by atoms with van der Waals surface area (Å²) < 4.78 is 0. The topological polar surface area (TPSA) is 56.7 Å². The Balaban J connectivity index is 1.55. The smallest absolute Gasteiger partial charge is 0.248 e. The summed E-state index contributed by atoms with van der Waals surface area (Å²) in [5.74, 6) is -0.178. The van der Waals surface area contributed by atoms with Crippen LogP contribution in [-0.4, -0.2) is 58.6 Å². The van der Waals surface area contributed by atoms with Gasteiger partial charge in [-0.2, -0.15) is 11.3 Å². The standard InChI is InChI=1S/C14H17N3O2S2/c18-8-13(19)17-4-2-16(3-5-17)7-12-10-21-14(15-12)11-1-6-20-9-11/h1,6,9-10,18H,2-5,7-8H2. The number of amides is 1. The maximum Gasteiger partial charge on any atom is 0.248 e. The molecule has 0 atom stereocenters. The van der Waals surface area contributed by atoms with E-state index in [0.29, 0.717) is 13.1 Å².